The summed E-state index contributed by atoms with van der Waals surface area (Å²) in [5.74, 6) is -0.170. The molecule has 7 nitrogen and oxygen atoms in total. The van der Waals surface area contributed by atoms with Crippen molar-refractivity contribution in [3.63, 3.8) is 0 Å². The predicted octanol–water partition coefficient (Wildman–Crippen LogP) is 4.31. The average Bonchev–Trinajstić information content (AvgIpc) is 3.24. The standard InChI is InChI=1S/C30H42O7SSi/c1-22-19-27(37-29(21-34-24(3)32)38-18-17-33-23(2)31)28(36-22)20-35-39(30(4,5)6,25-13-9-7-10-14-25)26-15-11-8-12-16-26/h7-16,22,27-29H,17-21H2,1-6H3/t22-,27?,28+,29?/m0/s1. The number of rotatable bonds is 13. The SMILES string of the molecule is CC(=O)OCCSC(COC(C)=O)OC1C[C@H](C)O[C@@H]1CO[Si](c1ccccc1)(c1ccccc1)C(C)(C)C. The van der Waals surface area contributed by atoms with E-state index in [-0.39, 0.29) is 48.5 Å². The molecule has 0 bridgehead atoms. The fraction of sp³-hybridized carbons (Fsp3) is 0.533. The van der Waals surface area contributed by atoms with Crippen LogP contribution in [0.3, 0.4) is 0 Å². The van der Waals surface area contributed by atoms with Gasteiger partial charge in [-0.05, 0) is 22.3 Å². The van der Waals surface area contributed by atoms with Crippen molar-refractivity contribution in [3.8, 4) is 0 Å². The first-order valence-corrected chi connectivity index (χ1v) is 16.4. The minimum atomic E-state index is -2.73. The van der Waals surface area contributed by atoms with Gasteiger partial charge in [-0.15, -0.1) is 11.8 Å². The monoisotopic (exact) mass is 574 g/mol. The van der Waals surface area contributed by atoms with Crippen LogP contribution < -0.4 is 10.4 Å². The van der Waals surface area contributed by atoms with Crippen LogP contribution in [0.1, 0.15) is 48.0 Å². The molecule has 1 saturated heterocycles. The van der Waals surface area contributed by atoms with Gasteiger partial charge < -0.3 is 23.4 Å². The van der Waals surface area contributed by atoms with Gasteiger partial charge in [0.15, 0.2) is 0 Å². The molecule has 4 atom stereocenters. The zero-order valence-electron chi connectivity index (χ0n) is 23.9. The minimum Gasteiger partial charge on any atom is -0.465 e. The van der Waals surface area contributed by atoms with Crippen molar-refractivity contribution in [2.75, 3.05) is 25.6 Å². The van der Waals surface area contributed by atoms with E-state index in [1.165, 1.54) is 36.0 Å². The topological polar surface area (TPSA) is 80.3 Å². The maximum Gasteiger partial charge on any atom is 0.302 e. The van der Waals surface area contributed by atoms with Crippen molar-refractivity contribution >= 4 is 42.4 Å². The molecule has 2 aromatic carbocycles. The van der Waals surface area contributed by atoms with Crippen molar-refractivity contribution in [1.82, 2.24) is 0 Å². The van der Waals surface area contributed by atoms with Crippen LogP contribution in [0.5, 0.6) is 0 Å². The van der Waals surface area contributed by atoms with Gasteiger partial charge in [0, 0.05) is 26.0 Å². The van der Waals surface area contributed by atoms with Crippen LogP contribution in [-0.2, 0) is 33.0 Å². The van der Waals surface area contributed by atoms with E-state index in [0.29, 0.717) is 18.8 Å². The van der Waals surface area contributed by atoms with Crippen molar-refractivity contribution < 1.29 is 33.0 Å². The molecule has 2 unspecified atom stereocenters. The summed E-state index contributed by atoms with van der Waals surface area (Å²) in [6, 6.07) is 21.0. The molecule has 1 aliphatic rings. The fourth-order valence-electron chi connectivity index (χ4n) is 5.05. The van der Waals surface area contributed by atoms with E-state index in [4.69, 9.17) is 23.4 Å². The van der Waals surface area contributed by atoms with Gasteiger partial charge in [-0.1, -0.05) is 81.4 Å². The average molecular weight is 575 g/mol. The van der Waals surface area contributed by atoms with Gasteiger partial charge >= 0.3 is 11.9 Å². The van der Waals surface area contributed by atoms with E-state index >= 15 is 0 Å². The molecule has 9 heteroatoms. The Labute approximate surface area is 238 Å². The highest BCUT2D eigenvalue weighted by Gasteiger charge is 2.51. The molecule has 39 heavy (non-hydrogen) atoms. The number of hydrogen-bond donors (Lipinski definition) is 0. The molecule has 2 aromatic rings. The van der Waals surface area contributed by atoms with Gasteiger partial charge in [-0.25, -0.2) is 0 Å². The highest BCUT2D eigenvalue weighted by atomic mass is 32.2. The van der Waals surface area contributed by atoms with Gasteiger partial charge in [-0.3, -0.25) is 9.59 Å². The van der Waals surface area contributed by atoms with E-state index in [2.05, 4.69) is 69.3 Å². The molecule has 1 fully saturated rings. The molecule has 3 rings (SSSR count). The van der Waals surface area contributed by atoms with Crippen molar-refractivity contribution in [1.29, 1.82) is 0 Å². The number of hydrogen-bond acceptors (Lipinski definition) is 8. The lowest BCUT2D eigenvalue weighted by Gasteiger charge is -2.43. The van der Waals surface area contributed by atoms with E-state index < -0.39 is 13.8 Å². The minimum absolute atomic E-state index is 0.00294. The number of ether oxygens (including phenoxy) is 4. The molecule has 0 N–H and O–H groups in total. The van der Waals surface area contributed by atoms with Gasteiger partial charge in [0.05, 0.1) is 18.8 Å². The first-order valence-electron chi connectivity index (χ1n) is 13.5. The molecule has 0 aromatic heterocycles. The summed E-state index contributed by atoms with van der Waals surface area (Å²) in [7, 11) is -2.73. The van der Waals surface area contributed by atoms with E-state index in [9.17, 15) is 9.59 Å². The third-order valence-corrected chi connectivity index (χ3v) is 12.7. The molecule has 0 saturated carbocycles. The molecule has 1 aliphatic heterocycles. The Morgan fingerprint density at radius 2 is 1.54 bits per heavy atom. The molecule has 0 amide bonds. The molecule has 1 heterocycles. The Morgan fingerprint density at radius 1 is 0.974 bits per heavy atom. The zero-order valence-corrected chi connectivity index (χ0v) is 25.7. The lowest BCUT2D eigenvalue weighted by atomic mass is 10.1. The number of benzene rings is 2. The Hall–Kier alpha value is -2.17. The Kier molecular flexibility index (Phi) is 11.6. The van der Waals surface area contributed by atoms with Crippen LogP contribution in [0, 0.1) is 0 Å². The normalized spacial score (nSPS) is 20.4. The molecule has 214 valence electrons. The number of thioether (sulfide) groups is 1. The second-order valence-electron chi connectivity index (χ2n) is 10.8. The highest BCUT2D eigenvalue weighted by molar-refractivity contribution is 7.99. The molecular weight excluding hydrogens is 532 g/mol. The summed E-state index contributed by atoms with van der Waals surface area (Å²) in [6.07, 6.45) is 0.189. The quantitative estimate of drug-likeness (QED) is 0.152. The summed E-state index contributed by atoms with van der Waals surface area (Å²) in [6.45, 7) is 12.3. The summed E-state index contributed by atoms with van der Waals surface area (Å²) in [5.41, 5.74) is -0.418. The van der Waals surface area contributed by atoms with Crippen LogP contribution in [0.25, 0.3) is 0 Å². The fourth-order valence-corrected chi connectivity index (χ4v) is 10.4. The van der Waals surface area contributed by atoms with Crippen LogP contribution >= 0.6 is 11.8 Å². The summed E-state index contributed by atoms with van der Waals surface area (Å²) >= 11 is 1.45. The van der Waals surface area contributed by atoms with E-state index in [0.717, 1.165) is 0 Å². The highest BCUT2D eigenvalue weighted by Crippen LogP contribution is 2.38. The smallest absolute Gasteiger partial charge is 0.302 e. The predicted molar refractivity (Wildman–Crippen MR) is 157 cm³/mol. The number of carbonyl (C=O) groups excluding carboxylic acids is 2. The number of carbonyl (C=O) groups is 2. The Balaban J connectivity index is 1.82. The van der Waals surface area contributed by atoms with Crippen LogP contribution in [0.15, 0.2) is 60.7 Å². The van der Waals surface area contributed by atoms with Crippen LogP contribution in [0.4, 0.5) is 0 Å². The third kappa shape index (κ3) is 8.65. The largest absolute Gasteiger partial charge is 0.465 e. The first-order chi connectivity index (χ1) is 18.5. The summed E-state index contributed by atoms with van der Waals surface area (Å²) in [5, 5.41) is 2.27. The molecular formula is C30H42O7SSi. The van der Waals surface area contributed by atoms with Crippen molar-refractivity contribution in [3.05, 3.63) is 60.7 Å². The molecule has 0 spiro atoms. The lowest BCUT2D eigenvalue weighted by Crippen LogP contribution is -2.67. The van der Waals surface area contributed by atoms with Crippen molar-refractivity contribution in [2.45, 2.75) is 76.7 Å². The summed E-state index contributed by atoms with van der Waals surface area (Å²) < 4.78 is 30.2. The van der Waals surface area contributed by atoms with E-state index in [1.54, 1.807) is 0 Å². The van der Waals surface area contributed by atoms with Gasteiger partial charge in [0.2, 0.25) is 0 Å². The van der Waals surface area contributed by atoms with Gasteiger partial charge in [-0.2, -0.15) is 0 Å². The lowest BCUT2D eigenvalue weighted by molar-refractivity contribution is -0.144. The summed E-state index contributed by atoms with van der Waals surface area (Å²) in [4.78, 5) is 22.6. The van der Waals surface area contributed by atoms with Gasteiger partial charge in [0.1, 0.15) is 24.8 Å². The molecule has 0 radical (unpaired) electrons. The van der Waals surface area contributed by atoms with Crippen LogP contribution in [-0.4, -0.2) is 69.6 Å². The molecule has 0 aliphatic carbocycles. The maximum atomic E-state index is 11.5. The second-order valence-corrected chi connectivity index (χ2v) is 16.4. The Morgan fingerprint density at radius 3 is 2.05 bits per heavy atom. The van der Waals surface area contributed by atoms with E-state index in [1.807, 2.05) is 19.1 Å². The van der Waals surface area contributed by atoms with Crippen LogP contribution in [0.2, 0.25) is 5.04 Å². The zero-order chi connectivity index (χ0) is 28.5. The van der Waals surface area contributed by atoms with Gasteiger partial charge in [0.25, 0.3) is 8.32 Å². The number of esters is 2. The second kappa shape index (κ2) is 14.5. The third-order valence-electron chi connectivity index (χ3n) is 6.71. The van der Waals surface area contributed by atoms with Crippen molar-refractivity contribution in [2.24, 2.45) is 0 Å². The maximum absolute atomic E-state index is 11.5. The first kappa shape index (κ1) is 31.4. The Bertz CT molecular complexity index is 1000.